The summed E-state index contributed by atoms with van der Waals surface area (Å²) in [6.07, 6.45) is 1.02. The zero-order chi connectivity index (χ0) is 16.8. The fourth-order valence-electron chi connectivity index (χ4n) is 2.34. The van der Waals surface area contributed by atoms with E-state index in [0.717, 1.165) is 30.7 Å². The Morgan fingerprint density at radius 3 is 2.04 bits per heavy atom. The molecule has 5 nitrogen and oxygen atoms in total. The van der Waals surface area contributed by atoms with Gasteiger partial charge in [-0.15, -0.1) is 0 Å². The van der Waals surface area contributed by atoms with Crippen LogP contribution in [0.3, 0.4) is 0 Å². The average molecular weight is 342 g/mol. The lowest BCUT2D eigenvalue weighted by atomic mass is 10.3. The fraction of sp³-hybridized carbons (Fsp3) is 0.647. The number of para-hydroxylation sites is 1. The molecule has 1 aromatic carbocycles. The summed E-state index contributed by atoms with van der Waals surface area (Å²) in [6, 6.07) is 12.2. The van der Waals surface area contributed by atoms with E-state index in [1.807, 2.05) is 18.2 Å². The van der Waals surface area contributed by atoms with Crippen molar-refractivity contribution < 1.29 is 18.3 Å². The topological polar surface area (TPSA) is 49.0 Å². The molecule has 0 aliphatic heterocycles. The van der Waals surface area contributed by atoms with Gasteiger partial charge in [0.2, 0.25) is 0 Å². The molecule has 0 saturated heterocycles. The van der Waals surface area contributed by atoms with E-state index in [0.29, 0.717) is 26.4 Å². The summed E-state index contributed by atoms with van der Waals surface area (Å²) >= 11 is 0. The van der Waals surface area contributed by atoms with E-state index in [-0.39, 0.29) is 0 Å². The van der Waals surface area contributed by atoms with Crippen LogP contribution >= 0.6 is 0 Å². The zero-order valence-corrected chi connectivity index (χ0v) is 15.7. The van der Waals surface area contributed by atoms with Gasteiger partial charge in [0.15, 0.2) is 0 Å². The maximum absolute atomic E-state index is 6.13. The fourth-order valence-corrected chi connectivity index (χ4v) is 5.10. The van der Waals surface area contributed by atoms with Gasteiger partial charge in [0.25, 0.3) is 0 Å². The lowest BCUT2D eigenvalue weighted by Crippen LogP contribution is -2.43. The van der Waals surface area contributed by atoms with Crippen LogP contribution in [0.2, 0.25) is 12.1 Å². The summed E-state index contributed by atoms with van der Waals surface area (Å²) in [4.78, 5) is 0. The summed E-state index contributed by atoms with van der Waals surface area (Å²) in [7, 11) is 1.20. The minimum Gasteiger partial charge on any atom is -0.392 e. The van der Waals surface area contributed by atoms with Crippen LogP contribution < -0.4 is 5.32 Å². The molecule has 0 radical (unpaired) electrons. The van der Waals surface area contributed by atoms with Gasteiger partial charge in [0, 0.05) is 26.5 Å². The molecule has 0 aromatic heterocycles. The Labute approximate surface area is 141 Å². The third kappa shape index (κ3) is 8.48. The van der Waals surface area contributed by atoms with Crippen molar-refractivity contribution >= 4 is 14.2 Å². The first-order valence-corrected chi connectivity index (χ1v) is 10.5. The number of ether oxygens (including phenoxy) is 2. The molecule has 0 aliphatic rings. The first-order valence-electron chi connectivity index (χ1n) is 8.31. The van der Waals surface area contributed by atoms with Gasteiger partial charge in [0.05, 0.1) is 26.4 Å². The minimum atomic E-state index is -2.18. The highest BCUT2D eigenvalue weighted by Gasteiger charge is 2.35. The number of anilines is 1. The summed E-state index contributed by atoms with van der Waals surface area (Å²) < 4.78 is 22.4. The Bertz CT molecular complexity index is 381. The Kier molecular flexibility index (Phi) is 10.9. The zero-order valence-electron chi connectivity index (χ0n) is 14.7. The lowest BCUT2D eigenvalue weighted by Gasteiger charge is -2.30. The van der Waals surface area contributed by atoms with Crippen LogP contribution in [0.25, 0.3) is 0 Å². The Hall–Kier alpha value is -0.923. The van der Waals surface area contributed by atoms with Gasteiger partial charge in [0.1, 0.15) is 0 Å². The highest BCUT2D eigenvalue weighted by molar-refractivity contribution is 6.67. The highest BCUT2D eigenvalue weighted by Crippen LogP contribution is 2.21. The molecular formula is C17H31NO4Si. The molecule has 0 amide bonds. The van der Waals surface area contributed by atoms with Gasteiger partial charge < -0.3 is 23.6 Å². The van der Waals surface area contributed by atoms with Crippen molar-refractivity contribution in [2.45, 2.75) is 25.4 Å². The van der Waals surface area contributed by atoms with Crippen LogP contribution in [-0.2, 0) is 18.3 Å². The van der Waals surface area contributed by atoms with Crippen molar-refractivity contribution in [1.82, 2.24) is 0 Å². The molecular weight excluding hydrogens is 310 g/mol. The molecule has 6 heteroatoms. The SMILES string of the molecule is CC[Si](CCCNc1ccccc1)(OCCOC)OCCOC. The molecule has 132 valence electrons. The van der Waals surface area contributed by atoms with Gasteiger partial charge in [-0.1, -0.05) is 25.1 Å². The van der Waals surface area contributed by atoms with Crippen molar-refractivity contribution in [3.05, 3.63) is 30.3 Å². The van der Waals surface area contributed by atoms with Crippen molar-refractivity contribution in [2.75, 3.05) is 52.5 Å². The molecule has 1 rings (SSSR count). The van der Waals surface area contributed by atoms with Crippen LogP contribution in [0.1, 0.15) is 13.3 Å². The highest BCUT2D eigenvalue weighted by atomic mass is 28.4. The summed E-state index contributed by atoms with van der Waals surface area (Å²) in [5.41, 5.74) is 1.15. The predicted octanol–water partition coefficient (Wildman–Crippen LogP) is 3.28. The molecule has 0 heterocycles. The van der Waals surface area contributed by atoms with Crippen molar-refractivity contribution in [2.24, 2.45) is 0 Å². The van der Waals surface area contributed by atoms with E-state index < -0.39 is 8.56 Å². The Morgan fingerprint density at radius 1 is 0.913 bits per heavy atom. The molecule has 1 N–H and O–H groups in total. The minimum absolute atomic E-state index is 0.593. The van der Waals surface area contributed by atoms with Crippen molar-refractivity contribution in [3.63, 3.8) is 0 Å². The molecule has 0 aliphatic carbocycles. The van der Waals surface area contributed by atoms with E-state index >= 15 is 0 Å². The van der Waals surface area contributed by atoms with Gasteiger partial charge >= 0.3 is 8.56 Å². The van der Waals surface area contributed by atoms with Crippen LogP contribution in [0.5, 0.6) is 0 Å². The number of benzene rings is 1. The maximum atomic E-state index is 6.13. The smallest absolute Gasteiger partial charge is 0.338 e. The predicted molar refractivity (Wildman–Crippen MR) is 96.2 cm³/mol. The number of hydrogen-bond donors (Lipinski definition) is 1. The molecule has 0 saturated carbocycles. The number of hydrogen-bond acceptors (Lipinski definition) is 5. The third-order valence-corrected chi connectivity index (χ3v) is 7.33. The molecule has 1 aromatic rings. The average Bonchev–Trinajstić information content (AvgIpc) is 2.59. The normalized spacial score (nSPS) is 11.6. The van der Waals surface area contributed by atoms with Crippen LogP contribution in [0.15, 0.2) is 30.3 Å². The van der Waals surface area contributed by atoms with E-state index in [9.17, 15) is 0 Å². The van der Waals surface area contributed by atoms with E-state index in [4.69, 9.17) is 18.3 Å². The molecule has 23 heavy (non-hydrogen) atoms. The first-order chi connectivity index (χ1) is 11.3. The largest absolute Gasteiger partial charge is 0.392 e. The van der Waals surface area contributed by atoms with Gasteiger partial charge in [-0.2, -0.15) is 0 Å². The summed E-state index contributed by atoms with van der Waals surface area (Å²) in [6.45, 7) is 5.46. The molecule has 0 atom stereocenters. The van der Waals surface area contributed by atoms with Crippen molar-refractivity contribution in [1.29, 1.82) is 0 Å². The second-order valence-corrected chi connectivity index (χ2v) is 8.95. The van der Waals surface area contributed by atoms with E-state index in [1.54, 1.807) is 14.2 Å². The standard InChI is InChI=1S/C17H31NO4Si/c1-4-23(21-14-12-19-2,22-15-13-20-3)16-8-11-18-17-9-6-5-7-10-17/h5-7,9-10,18H,4,8,11-16H2,1-3H3. The monoisotopic (exact) mass is 341 g/mol. The Balaban J connectivity index is 2.42. The maximum Gasteiger partial charge on any atom is 0.338 e. The summed E-state index contributed by atoms with van der Waals surface area (Å²) in [5.74, 6) is 0. The van der Waals surface area contributed by atoms with Crippen molar-refractivity contribution in [3.8, 4) is 0 Å². The van der Waals surface area contributed by atoms with Gasteiger partial charge in [-0.3, -0.25) is 0 Å². The lowest BCUT2D eigenvalue weighted by molar-refractivity contribution is 0.0859. The molecule has 0 spiro atoms. The van der Waals surface area contributed by atoms with Crippen LogP contribution in [0.4, 0.5) is 5.69 Å². The van der Waals surface area contributed by atoms with Gasteiger partial charge in [-0.25, -0.2) is 0 Å². The molecule has 0 fully saturated rings. The number of rotatable bonds is 14. The quantitative estimate of drug-likeness (QED) is 0.416. The molecule has 0 bridgehead atoms. The van der Waals surface area contributed by atoms with E-state index in [2.05, 4.69) is 24.4 Å². The second kappa shape index (κ2) is 12.5. The van der Waals surface area contributed by atoms with E-state index in [1.165, 1.54) is 0 Å². The van der Waals surface area contributed by atoms with Gasteiger partial charge in [-0.05, 0) is 30.6 Å². The third-order valence-electron chi connectivity index (χ3n) is 3.68. The molecule has 0 unspecified atom stereocenters. The number of nitrogens with one attached hydrogen (secondary N) is 1. The summed E-state index contributed by atoms with van der Waals surface area (Å²) in [5, 5.41) is 3.44. The number of methoxy groups -OCH3 is 2. The second-order valence-electron chi connectivity index (χ2n) is 5.34. The first kappa shape index (κ1) is 20.1. The van der Waals surface area contributed by atoms with Crippen LogP contribution in [-0.4, -0.2) is 55.8 Å². The Morgan fingerprint density at radius 2 is 1.52 bits per heavy atom. The van der Waals surface area contributed by atoms with Crippen LogP contribution in [0, 0.1) is 0 Å².